The van der Waals surface area contributed by atoms with Crippen LogP contribution in [-0.4, -0.2) is 44.3 Å². The Morgan fingerprint density at radius 3 is 2.26 bits per heavy atom. The number of unbranched alkanes of at least 4 members (excludes halogenated alkanes) is 1. The summed E-state index contributed by atoms with van der Waals surface area (Å²) in [6, 6.07) is 19.6. The van der Waals surface area contributed by atoms with E-state index in [0.717, 1.165) is 40.4 Å². The van der Waals surface area contributed by atoms with Gasteiger partial charge in [0.25, 0.3) is 10.0 Å². The minimum Gasteiger partial charge on any atom is -0.354 e. The van der Waals surface area contributed by atoms with E-state index in [1.807, 2.05) is 45.0 Å². The number of hydrogen-bond donors (Lipinski definition) is 1. The van der Waals surface area contributed by atoms with Crippen LogP contribution in [0, 0.1) is 12.7 Å². The molecule has 9 heteroatoms. The van der Waals surface area contributed by atoms with Crippen LogP contribution in [-0.2, 0) is 26.2 Å². The topological polar surface area (TPSA) is 86.8 Å². The first-order valence-corrected chi connectivity index (χ1v) is 14.6. The van der Waals surface area contributed by atoms with Gasteiger partial charge in [-0.3, -0.25) is 13.9 Å². The van der Waals surface area contributed by atoms with Crippen molar-refractivity contribution in [3.8, 4) is 0 Å². The second-order valence-electron chi connectivity index (χ2n) is 9.38. The van der Waals surface area contributed by atoms with E-state index in [0.29, 0.717) is 13.0 Å². The van der Waals surface area contributed by atoms with Crippen molar-refractivity contribution in [1.29, 1.82) is 0 Å². The molecule has 0 heterocycles. The highest BCUT2D eigenvalue weighted by atomic mass is 32.2. The van der Waals surface area contributed by atoms with E-state index >= 15 is 0 Å². The average Bonchev–Trinajstić information content (AvgIpc) is 2.92. The van der Waals surface area contributed by atoms with Crippen LogP contribution >= 0.6 is 0 Å². The molecule has 0 unspecified atom stereocenters. The highest BCUT2D eigenvalue weighted by molar-refractivity contribution is 7.92. The van der Waals surface area contributed by atoms with Crippen molar-refractivity contribution in [3.63, 3.8) is 0 Å². The molecule has 208 valence electrons. The van der Waals surface area contributed by atoms with Crippen LogP contribution < -0.4 is 9.62 Å². The monoisotopic (exact) mass is 553 g/mol. The third-order valence-electron chi connectivity index (χ3n) is 6.38. The molecule has 0 aliphatic heterocycles. The van der Waals surface area contributed by atoms with Crippen molar-refractivity contribution in [2.75, 3.05) is 17.4 Å². The molecular formula is C30H36FN3O4S. The summed E-state index contributed by atoms with van der Waals surface area (Å²) >= 11 is 0. The van der Waals surface area contributed by atoms with Gasteiger partial charge in [0.05, 0.1) is 10.6 Å². The number of sulfonamides is 1. The Bertz CT molecular complexity index is 1350. The second kappa shape index (κ2) is 13.9. The van der Waals surface area contributed by atoms with Crippen LogP contribution in [0.25, 0.3) is 0 Å². The molecule has 2 amide bonds. The molecule has 3 rings (SSSR count). The van der Waals surface area contributed by atoms with E-state index in [9.17, 15) is 22.4 Å². The van der Waals surface area contributed by atoms with Gasteiger partial charge in [0, 0.05) is 13.1 Å². The van der Waals surface area contributed by atoms with Gasteiger partial charge in [0.15, 0.2) is 0 Å². The number of hydrogen-bond acceptors (Lipinski definition) is 4. The smallest absolute Gasteiger partial charge is 0.264 e. The van der Waals surface area contributed by atoms with E-state index in [2.05, 4.69) is 5.32 Å². The molecule has 7 nitrogen and oxygen atoms in total. The Morgan fingerprint density at radius 2 is 1.64 bits per heavy atom. The SMILES string of the molecule is CCCCNC(=O)[C@@H](CC)N(Cc1cccc(C)c1)C(=O)CN(c1ccccc1)S(=O)(=O)c1ccc(F)cc1. The Kier molecular flexibility index (Phi) is 10.6. The molecule has 0 fully saturated rings. The predicted octanol–water partition coefficient (Wildman–Crippen LogP) is 5.05. The Hall–Kier alpha value is -3.72. The average molecular weight is 554 g/mol. The maximum absolute atomic E-state index is 14.0. The summed E-state index contributed by atoms with van der Waals surface area (Å²) in [7, 11) is -4.23. The molecule has 0 saturated heterocycles. The second-order valence-corrected chi connectivity index (χ2v) is 11.2. The largest absolute Gasteiger partial charge is 0.354 e. The first-order chi connectivity index (χ1) is 18.7. The van der Waals surface area contributed by atoms with Crippen LogP contribution in [0.15, 0.2) is 83.8 Å². The van der Waals surface area contributed by atoms with Crippen LogP contribution in [0.1, 0.15) is 44.2 Å². The lowest BCUT2D eigenvalue weighted by molar-refractivity contribution is -0.140. The van der Waals surface area contributed by atoms with Crippen molar-refractivity contribution in [3.05, 3.63) is 95.8 Å². The van der Waals surface area contributed by atoms with E-state index in [4.69, 9.17) is 0 Å². The molecule has 0 aromatic heterocycles. The van der Waals surface area contributed by atoms with Gasteiger partial charge in [0.2, 0.25) is 11.8 Å². The summed E-state index contributed by atoms with van der Waals surface area (Å²) in [5.74, 6) is -1.37. The summed E-state index contributed by atoms with van der Waals surface area (Å²) in [4.78, 5) is 28.5. The zero-order valence-electron chi connectivity index (χ0n) is 22.6. The fourth-order valence-corrected chi connectivity index (χ4v) is 5.70. The van der Waals surface area contributed by atoms with Gasteiger partial charge in [0.1, 0.15) is 18.4 Å². The number of para-hydroxylation sites is 1. The molecule has 0 aliphatic rings. The van der Waals surface area contributed by atoms with Gasteiger partial charge in [-0.25, -0.2) is 12.8 Å². The Labute approximate surface area is 230 Å². The molecular weight excluding hydrogens is 517 g/mol. The minimum atomic E-state index is -4.23. The Balaban J connectivity index is 2.01. The molecule has 3 aromatic rings. The Morgan fingerprint density at radius 1 is 0.949 bits per heavy atom. The molecule has 0 aliphatic carbocycles. The maximum atomic E-state index is 14.0. The first kappa shape index (κ1) is 29.8. The number of rotatable bonds is 13. The summed E-state index contributed by atoms with van der Waals surface area (Å²) < 4.78 is 42.0. The number of halogens is 1. The van der Waals surface area contributed by atoms with Gasteiger partial charge >= 0.3 is 0 Å². The molecule has 0 saturated carbocycles. The maximum Gasteiger partial charge on any atom is 0.264 e. The van der Waals surface area contributed by atoms with Gasteiger partial charge < -0.3 is 10.2 Å². The third kappa shape index (κ3) is 7.89. The van der Waals surface area contributed by atoms with Gasteiger partial charge in [-0.15, -0.1) is 0 Å². The molecule has 39 heavy (non-hydrogen) atoms. The van der Waals surface area contributed by atoms with E-state index in [1.165, 1.54) is 17.0 Å². The number of nitrogens with zero attached hydrogens (tertiary/aromatic N) is 2. The van der Waals surface area contributed by atoms with Crippen molar-refractivity contribution >= 4 is 27.5 Å². The van der Waals surface area contributed by atoms with Crippen molar-refractivity contribution in [2.24, 2.45) is 0 Å². The van der Waals surface area contributed by atoms with Gasteiger partial charge in [-0.1, -0.05) is 68.3 Å². The van der Waals surface area contributed by atoms with Crippen molar-refractivity contribution < 1.29 is 22.4 Å². The third-order valence-corrected chi connectivity index (χ3v) is 8.16. The molecule has 0 bridgehead atoms. The zero-order chi connectivity index (χ0) is 28.4. The zero-order valence-corrected chi connectivity index (χ0v) is 23.5. The van der Waals surface area contributed by atoms with Gasteiger partial charge in [-0.05, 0) is 61.7 Å². The van der Waals surface area contributed by atoms with E-state index in [1.54, 1.807) is 30.3 Å². The summed E-state index contributed by atoms with van der Waals surface area (Å²) in [6.45, 7) is 5.89. The summed E-state index contributed by atoms with van der Waals surface area (Å²) in [5.41, 5.74) is 2.12. The van der Waals surface area contributed by atoms with Crippen molar-refractivity contribution in [1.82, 2.24) is 10.2 Å². The van der Waals surface area contributed by atoms with Crippen LogP contribution in [0.5, 0.6) is 0 Å². The van der Waals surface area contributed by atoms with E-state index in [-0.39, 0.29) is 23.0 Å². The van der Waals surface area contributed by atoms with Crippen LogP contribution in [0.3, 0.4) is 0 Å². The number of carbonyl (C=O) groups excluding carboxylic acids is 2. The van der Waals surface area contributed by atoms with Gasteiger partial charge in [-0.2, -0.15) is 0 Å². The van der Waals surface area contributed by atoms with Crippen LogP contribution in [0.2, 0.25) is 0 Å². The normalized spacial score (nSPS) is 12.0. The van der Waals surface area contributed by atoms with E-state index < -0.39 is 34.3 Å². The lowest BCUT2D eigenvalue weighted by Gasteiger charge is -2.33. The number of carbonyl (C=O) groups is 2. The highest BCUT2D eigenvalue weighted by Crippen LogP contribution is 2.25. The predicted molar refractivity (Wildman–Crippen MR) is 151 cm³/mol. The number of nitrogens with one attached hydrogen (secondary N) is 1. The number of benzene rings is 3. The lowest BCUT2D eigenvalue weighted by atomic mass is 10.1. The molecule has 0 spiro atoms. The minimum absolute atomic E-state index is 0.138. The molecule has 0 radical (unpaired) electrons. The lowest BCUT2D eigenvalue weighted by Crippen LogP contribution is -2.52. The fourth-order valence-electron chi connectivity index (χ4n) is 4.29. The summed E-state index contributed by atoms with van der Waals surface area (Å²) in [5, 5.41) is 2.91. The highest BCUT2D eigenvalue weighted by Gasteiger charge is 2.33. The summed E-state index contributed by atoms with van der Waals surface area (Å²) in [6.07, 6.45) is 2.08. The number of anilines is 1. The first-order valence-electron chi connectivity index (χ1n) is 13.1. The van der Waals surface area contributed by atoms with Crippen molar-refractivity contribution in [2.45, 2.75) is 57.5 Å². The standard InChI is InChI=1S/C30H36FN3O4S/c1-4-6-19-32-30(36)28(5-2)33(21-24-12-10-11-23(3)20-24)29(35)22-34(26-13-8-7-9-14-26)39(37,38)27-17-15-25(31)16-18-27/h7-18,20,28H,4-6,19,21-22H2,1-3H3,(H,32,36)/t28-/m1/s1. The van der Waals surface area contributed by atoms with Crippen LogP contribution in [0.4, 0.5) is 10.1 Å². The number of aryl methyl sites for hydroxylation is 1. The fraction of sp³-hybridized carbons (Fsp3) is 0.333. The molecule has 3 aromatic carbocycles. The molecule has 1 N–H and O–H groups in total. The quantitative estimate of drug-likeness (QED) is 0.300. The molecule has 1 atom stereocenters. The number of amides is 2.